The fourth-order valence-corrected chi connectivity index (χ4v) is 3.45. The molecule has 3 nitrogen and oxygen atoms in total. The van der Waals surface area contributed by atoms with Crippen LogP contribution in [0.4, 0.5) is 5.82 Å². The molecule has 0 aliphatic heterocycles. The van der Waals surface area contributed by atoms with Crippen LogP contribution in [-0.4, -0.2) is 16.5 Å². The van der Waals surface area contributed by atoms with Gasteiger partial charge in [-0.05, 0) is 51.2 Å². The zero-order chi connectivity index (χ0) is 13.9. The number of hydrogen-bond acceptors (Lipinski definition) is 4. The molecule has 0 atom stereocenters. The van der Waals surface area contributed by atoms with E-state index in [0.717, 1.165) is 37.4 Å². The molecule has 0 spiro atoms. The number of aromatic nitrogens is 2. The first-order valence-electron chi connectivity index (χ1n) is 7.48. The Kier molecular flexibility index (Phi) is 4.01. The van der Waals surface area contributed by atoms with E-state index in [1.807, 2.05) is 0 Å². The van der Waals surface area contributed by atoms with Gasteiger partial charge in [0.1, 0.15) is 5.82 Å². The molecule has 0 radical (unpaired) electrons. The van der Waals surface area contributed by atoms with E-state index in [-0.39, 0.29) is 0 Å². The Bertz CT molecular complexity index is 604. The van der Waals surface area contributed by atoms with Crippen LogP contribution in [0.25, 0.3) is 10.7 Å². The molecule has 2 aromatic rings. The van der Waals surface area contributed by atoms with Gasteiger partial charge in [-0.25, -0.2) is 9.97 Å². The van der Waals surface area contributed by atoms with Gasteiger partial charge in [0.25, 0.3) is 0 Å². The van der Waals surface area contributed by atoms with Crippen LogP contribution < -0.4 is 5.32 Å². The van der Waals surface area contributed by atoms with E-state index in [1.54, 1.807) is 11.3 Å². The Labute approximate surface area is 124 Å². The van der Waals surface area contributed by atoms with Crippen molar-refractivity contribution in [3.8, 4) is 10.7 Å². The molecule has 2 aromatic heterocycles. The van der Waals surface area contributed by atoms with E-state index in [9.17, 15) is 0 Å². The number of nitrogens with zero attached hydrogens (tertiary/aromatic N) is 2. The number of aryl methyl sites for hydroxylation is 2. The topological polar surface area (TPSA) is 37.8 Å². The first-order valence-corrected chi connectivity index (χ1v) is 8.30. The second-order valence-corrected chi connectivity index (χ2v) is 6.65. The third-order valence-corrected chi connectivity index (χ3v) is 4.68. The summed E-state index contributed by atoms with van der Waals surface area (Å²) in [5.74, 6) is 1.96. The Hall–Kier alpha value is -1.42. The SMILES string of the molecule is CCCNc1nc(-c2ccc(C)s2)nc2c1CCCC2. The maximum atomic E-state index is 4.82. The summed E-state index contributed by atoms with van der Waals surface area (Å²) < 4.78 is 0. The van der Waals surface area contributed by atoms with Crippen LogP contribution in [0.5, 0.6) is 0 Å². The average molecular weight is 287 g/mol. The zero-order valence-electron chi connectivity index (χ0n) is 12.2. The maximum absolute atomic E-state index is 4.82. The normalized spacial score (nSPS) is 14.1. The summed E-state index contributed by atoms with van der Waals surface area (Å²) in [6.07, 6.45) is 5.84. The van der Waals surface area contributed by atoms with E-state index in [1.165, 1.54) is 33.9 Å². The van der Waals surface area contributed by atoms with Gasteiger partial charge in [-0.3, -0.25) is 0 Å². The quantitative estimate of drug-likeness (QED) is 0.915. The van der Waals surface area contributed by atoms with Gasteiger partial charge >= 0.3 is 0 Å². The van der Waals surface area contributed by atoms with Gasteiger partial charge in [-0.2, -0.15) is 0 Å². The number of thiophene rings is 1. The van der Waals surface area contributed by atoms with Gasteiger partial charge < -0.3 is 5.32 Å². The molecule has 0 amide bonds. The summed E-state index contributed by atoms with van der Waals surface area (Å²) in [5, 5.41) is 3.49. The molecule has 4 heteroatoms. The molecule has 0 fully saturated rings. The fourth-order valence-electron chi connectivity index (χ4n) is 2.65. The first kappa shape index (κ1) is 13.6. The molecule has 0 aromatic carbocycles. The van der Waals surface area contributed by atoms with Crippen LogP contribution in [0, 0.1) is 6.92 Å². The first-order chi connectivity index (χ1) is 9.78. The van der Waals surface area contributed by atoms with Crippen molar-refractivity contribution in [3.05, 3.63) is 28.3 Å². The molecule has 0 saturated carbocycles. The van der Waals surface area contributed by atoms with Crippen molar-refractivity contribution in [2.24, 2.45) is 0 Å². The second-order valence-electron chi connectivity index (χ2n) is 5.37. The molecule has 0 bridgehead atoms. The smallest absolute Gasteiger partial charge is 0.171 e. The van der Waals surface area contributed by atoms with E-state index < -0.39 is 0 Å². The lowest BCUT2D eigenvalue weighted by atomic mass is 9.96. The predicted octanol–water partition coefficient (Wildman–Crippen LogP) is 4.21. The highest BCUT2D eigenvalue weighted by molar-refractivity contribution is 7.15. The largest absolute Gasteiger partial charge is 0.370 e. The minimum Gasteiger partial charge on any atom is -0.370 e. The zero-order valence-corrected chi connectivity index (χ0v) is 13.0. The molecule has 106 valence electrons. The summed E-state index contributed by atoms with van der Waals surface area (Å²) in [4.78, 5) is 12.1. The lowest BCUT2D eigenvalue weighted by Crippen LogP contribution is -2.13. The average Bonchev–Trinajstić information content (AvgIpc) is 2.91. The van der Waals surface area contributed by atoms with Crippen LogP contribution in [-0.2, 0) is 12.8 Å². The minimum atomic E-state index is 0.891. The van der Waals surface area contributed by atoms with Crippen molar-refractivity contribution in [1.82, 2.24) is 9.97 Å². The molecule has 1 N–H and O–H groups in total. The standard InChI is InChI=1S/C16H21N3S/c1-3-10-17-15-12-6-4-5-7-13(12)18-16(19-15)14-9-8-11(2)20-14/h8-9H,3-7,10H2,1-2H3,(H,17,18,19). The highest BCUT2D eigenvalue weighted by atomic mass is 32.1. The van der Waals surface area contributed by atoms with Crippen LogP contribution in [0.2, 0.25) is 0 Å². The van der Waals surface area contributed by atoms with Gasteiger partial charge in [-0.15, -0.1) is 11.3 Å². The molecular formula is C16H21N3S. The molecular weight excluding hydrogens is 266 g/mol. The van der Waals surface area contributed by atoms with Gasteiger partial charge in [0.2, 0.25) is 0 Å². The molecule has 1 aliphatic rings. The van der Waals surface area contributed by atoms with Gasteiger partial charge in [0.05, 0.1) is 4.88 Å². The van der Waals surface area contributed by atoms with Crippen LogP contribution in [0.3, 0.4) is 0 Å². The van der Waals surface area contributed by atoms with Crippen LogP contribution >= 0.6 is 11.3 Å². The molecule has 20 heavy (non-hydrogen) atoms. The highest BCUT2D eigenvalue weighted by Gasteiger charge is 2.18. The summed E-state index contributed by atoms with van der Waals surface area (Å²) in [6.45, 7) is 5.29. The lowest BCUT2D eigenvalue weighted by molar-refractivity contribution is 0.664. The Morgan fingerprint density at radius 2 is 2.05 bits per heavy atom. The van der Waals surface area contributed by atoms with Gasteiger partial charge in [0, 0.05) is 22.7 Å². The number of anilines is 1. The Morgan fingerprint density at radius 1 is 1.20 bits per heavy atom. The number of fused-ring (bicyclic) bond motifs is 1. The van der Waals surface area contributed by atoms with Crippen LogP contribution in [0.1, 0.15) is 42.3 Å². The summed E-state index contributed by atoms with van der Waals surface area (Å²) in [5.41, 5.74) is 2.60. The minimum absolute atomic E-state index is 0.891. The monoisotopic (exact) mass is 287 g/mol. The molecule has 3 rings (SSSR count). The third kappa shape index (κ3) is 2.70. The van der Waals surface area contributed by atoms with Crippen LogP contribution in [0.15, 0.2) is 12.1 Å². The van der Waals surface area contributed by atoms with Crippen molar-refractivity contribution in [2.75, 3.05) is 11.9 Å². The molecule has 1 aliphatic carbocycles. The number of rotatable bonds is 4. The summed E-state index contributed by atoms with van der Waals surface area (Å²) >= 11 is 1.77. The highest BCUT2D eigenvalue weighted by Crippen LogP contribution is 2.31. The van der Waals surface area contributed by atoms with Crippen molar-refractivity contribution in [1.29, 1.82) is 0 Å². The van der Waals surface area contributed by atoms with Crippen molar-refractivity contribution in [3.63, 3.8) is 0 Å². The van der Waals surface area contributed by atoms with Crippen molar-refractivity contribution >= 4 is 17.2 Å². The molecule has 0 saturated heterocycles. The van der Waals surface area contributed by atoms with Crippen molar-refractivity contribution in [2.45, 2.75) is 46.0 Å². The Balaban J connectivity index is 2.03. The van der Waals surface area contributed by atoms with Gasteiger partial charge in [-0.1, -0.05) is 6.92 Å². The second kappa shape index (κ2) is 5.92. The molecule has 2 heterocycles. The lowest BCUT2D eigenvalue weighted by Gasteiger charge is -2.19. The van der Waals surface area contributed by atoms with E-state index >= 15 is 0 Å². The molecule has 0 unspecified atom stereocenters. The van der Waals surface area contributed by atoms with Gasteiger partial charge in [0.15, 0.2) is 5.82 Å². The van der Waals surface area contributed by atoms with E-state index in [0.29, 0.717) is 0 Å². The maximum Gasteiger partial charge on any atom is 0.171 e. The summed E-state index contributed by atoms with van der Waals surface area (Å²) in [7, 11) is 0. The van der Waals surface area contributed by atoms with E-state index in [4.69, 9.17) is 9.97 Å². The van der Waals surface area contributed by atoms with Crippen molar-refractivity contribution < 1.29 is 0 Å². The summed E-state index contributed by atoms with van der Waals surface area (Å²) in [6, 6.07) is 4.27. The number of hydrogen-bond donors (Lipinski definition) is 1. The predicted molar refractivity (Wildman–Crippen MR) is 85.5 cm³/mol. The van der Waals surface area contributed by atoms with E-state index in [2.05, 4.69) is 31.3 Å². The third-order valence-electron chi connectivity index (χ3n) is 3.69. The number of nitrogens with one attached hydrogen (secondary N) is 1. The Morgan fingerprint density at radius 3 is 2.80 bits per heavy atom. The fraction of sp³-hybridized carbons (Fsp3) is 0.500.